The topological polar surface area (TPSA) is 77.4 Å². The highest BCUT2D eigenvalue weighted by Crippen LogP contribution is 2.68. The van der Waals surface area contributed by atoms with Crippen molar-refractivity contribution in [3.05, 3.63) is 52.3 Å². The van der Waals surface area contributed by atoms with Gasteiger partial charge in [-0.05, 0) is 16.7 Å². The number of terminal acetylenes is 1. The van der Waals surface area contributed by atoms with Crippen LogP contribution in [0.4, 0.5) is 0 Å². The molecule has 5 rings (SSSR count). The number of benzene rings is 1. The first-order chi connectivity index (χ1) is 14.6. The van der Waals surface area contributed by atoms with Gasteiger partial charge in [0.15, 0.2) is 0 Å². The van der Waals surface area contributed by atoms with E-state index in [1.54, 1.807) is 11.3 Å². The zero-order valence-corrected chi connectivity index (χ0v) is 17.3. The number of fused-ring (bicyclic) bond motifs is 3. The maximum atomic E-state index is 12.4. The van der Waals surface area contributed by atoms with E-state index in [1.807, 2.05) is 34.5 Å². The number of ether oxygens (including phenoxy) is 1. The number of thiophene rings is 1. The van der Waals surface area contributed by atoms with Gasteiger partial charge in [-0.1, -0.05) is 24.1 Å². The van der Waals surface area contributed by atoms with Crippen molar-refractivity contribution in [2.75, 3.05) is 26.3 Å². The first kappa shape index (κ1) is 18.9. The standard InChI is InChI=1S/C21H16N2O5S2/c1-2-11-26-12-17-20(15-13-29-16-6-4-3-5-14(15)16)23-10-9-22-21(23)30(17)27-18(24)7-8-19(25)28-30/h1,3-8,13H,9-12H2. The summed E-state index contributed by atoms with van der Waals surface area (Å²) in [6.45, 7) is 1.22. The van der Waals surface area contributed by atoms with E-state index in [0.717, 1.165) is 33.5 Å². The molecule has 0 atom stereocenters. The van der Waals surface area contributed by atoms with Gasteiger partial charge in [-0.15, -0.1) is 17.8 Å². The first-order valence-electron chi connectivity index (χ1n) is 9.15. The van der Waals surface area contributed by atoms with E-state index in [4.69, 9.17) is 19.5 Å². The summed E-state index contributed by atoms with van der Waals surface area (Å²) in [5.74, 6) is 1.12. The fourth-order valence-electron chi connectivity index (χ4n) is 3.67. The fraction of sp³-hybridized carbons (Fsp3) is 0.190. The Balaban J connectivity index is 1.75. The molecule has 0 saturated carbocycles. The van der Waals surface area contributed by atoms with E-state index < -0.39 is 22.5 Å². The summed E-state index contributed by atoms with van der Waals surface area (Å²) in [4.78, 5) is 31.9. The van der Waals surface area contributed by atoms with Crippen LogP contribution in [0.2, 0.25) is 0 Å². The van der Waals surface area contributed by atoms with Crippen LogP contribution in [0.25, 0.3) is 15.8 Å². The Kier molecular flexibility index (Phi) is 4.62. The minimum Gasteiger partial charge on any atom is -0.363 e. The summed E-state index contributed by atoms with van der Waals surface area (Å²) in [5.41, 5.74) is 1.76. The normalized spacial score (nSPS) is 20.6. The average molecular weight is 441 g/mol. The minimum atomic E-state index is -2.93. The Morgan fingerprint density at radius 1 is 1.23 bits per heavy atom. The van der Waals surface area contributed by atoms with Crippen molar-refractivity contribution in [2.24, 2.45) is 4.99 Å². The van der Waals surface area contributed by atoms with Crippen LogP contribution in [-0.2, 0) is 22.7 Å². The molecule has 9 heteroatoms. The summed E-state index contributed by atoms with van der Waals surface area (Å²) < 4.78 is 18.3. The number of nitrogens with zero attached hydrogens (tertiary/aromatic N) is 2. The molecule has 0 bridgehead atoms. The van der Waals surface area contributed by atoms with Crippen molar-refractivity contribution < 1.29 is 22.7 Å². The summed E-state index contributed by atoms with van der Waals surface area (Å²) in [7, 11) is -2.93. The molecule has 152 valence electrons. The highest BCUT2D eigenvalue weighted by molar-refractivity contribution is 8.42. The number of carbonyl (C=O) groups excluding carboxylic acids is 2. The summed E-state index contributed by atoms with van der Waals surface area (Å²) >= 11 is 1.61. The maximum Gasteiger partial charge on any atom is 0.354 e. The van der Waals surface area contributed by atoms with Crippen LogP contribution in [0.1, 0.15) is 5.56 Å². The smallest absolute Gasteiger partial charge is 0.354 e. The Morgan fingerprint density at radius 2 is 2.00 bits per heavy atom. The van der Waals surface area contributed by atoms with E-state index in [1.165, 1.54) is 0 Å². The van der Waals surface area contributed by atoms with Crippen molar-refractivity contribution in [3.8, 4) is 12.3 Å². The molecular weight excluding hydrogens is 424 g/mol. The van der Waals surface area contributed by atoms with Crippen LogP contribution >= 0.6 is 21.9 Å². The first-order valence-corrected chi connectivity index (χ1v) is 11.5. The van der Waals surface area contributed by atoms with Crippen molar-refractivity contribution in [3.63, 3.8) is 0 Å². The third-order valence-corrected chi connectivity index (χ3v) is 8.36. The van der Waals surface area contributed by atoms with Crippen molar-refractivity contribution in [1.82, 2.24) is 4.90 Å². The molecule has 1 spiro atoms. The number of amidine groups is 1. The monoisotopic (exact) mass is 440 g/mol. The number of carbonyl (C=O) groups is 2. The molecule has 30 heavy (non-hydrogen) atoms. The molecule has 3 aliphatic rings. The lowest BCUT2D eigenvalue weighted by Gasteiger charge is -2.37. The number of hydrogen-bond acceptors (Lipinski definition) is 8. The highest BCUT2D eigenvalue weighted by atomic mass is 32.3. The Morgan fingerprint density at radius 3 is 2.77 bits per heavy atom. The van der Waals surface area contributed by atoms with Gasteiger partial charge >= 0.3 is 11.9 Å². The zero-order valence-electron chi connectivity index (χ0n) is 15.7. The molecule has 1 aromatic carbocycles. The van der Waals surface area contributed by atoms with Gasteiger partial charge in [0.05, 0.1) is 18.8 Å². The second-order valence-electron chi connectivity index (χ2n) is 6.57. The minimum absolute atomic E-state index is 0.0507. The molecule has 4 heterocycles. The van der Waals surface area contributed by atoms with Crippen molar-refractivity contribution in [2.45, 2.75) is 0 Å². The van der Waals surface area contributed by atoms with Gasteiger partial charge in [-0.25, -0.2) is 14.6 Å². The van der Waals surface area contributed by atoms with Gasteiger partial charge in [-0.3, -0.25) is 0 Å². The molecule has 0 unspecified atom stereocenters. The molecule has 0 aliphatic carbocycles. The van der Waals surface area contributed by atoms with E-state index >= 15 is 0 Å². The van der Waals surface area contributed by atoms with Gasteiger partial charge in [0.25, 0.3) is 0 Å². The Bertz CT molecular complexity index is 1180. The average Bonchev–Trinajstić information content (AvgIpc) is 3.40. The molecule has 0 saturated heterocycles. The van der Waals surface area contributed by atoms with E-state index in [-0.39, 0.29) is 13.2 Å². The zero-order chi connectivity index (χ0) is 20.7. The van der Waals surface area contributed by atoms with E-state index in [9.17, 15) is 9.59 Å². The van der Waals surface area contributed by atoms with Crippen LogP contribution < -0.4 is 0 Å². The molecule has 0 amide bonds. The fourth-order valence-corrected chi connectivity index (χ4v) is 7.24. The largest absolute Gasteiger partial charge is 0.363 e. The molecule has 7 nitrogen and oxygen atoms in total. The van der Waals surface area contributed by atoms with Crippen LogP contribution in [0.5, 0.6) is 0 Å². The second-order valence-corrected chi connectivity index (χ2v) is 9.68. The van der Waals surface area contributed by atoms with E-state index in [0.29, 0.717) is 23.2 Å². The van der Waals surface area contributed by atoms with Crippen molar-refractivity contribution >= 4 is 54.8 Å². The quantitative estimate of drug-likeness (QED) is 0.537. The predicted octanol–water partition coefficient (Wildman–Crippen LogP) is 3.20. The predicted molar refractivity (Wildman–Crippen MR) is 116 cm³/mol. The second kappa shape index (κ2) is 7.32. The van der Waals surface area contributed by atoms with Gasteiger partial charge in [-0.2, -0.15) is 0 Å². The molecular formula is C21H16N2O5S2. The van der Waals surface area contributed by atoms with Crippen LogP contribution in [0, 0.1) is 12.3 Å². The molecule has 0 fully saturated rings. The van der Waals surface area contributed by atoms with Crippen LogP contribution in [-0.4, -0.2) is 48.3 Å². The molecule has 3 aliphatic heterocycles. The highest BCUT2D eigenvalue weighted by Gasteiger charge is 2.52. The van der Waals surface area contributed by atoms with Crippen molar-refractivity contribution in [1.29, 1.82) is 0 Å². The molecule has 2 aromatic rings. The van der Waals surface area contributed by atoms with Gasteiger partial charge in [0.1, 0.15) is 11.5 Å². The molecule has 0 N–H and O–H groups in total. The van der Waals surface area contributed by atoms with Crippen LogP contribution in [0.15, 0.2) is 51.7 Å². The lowest BCUT2D eigenvalue weighted by molar-refractivity contribution is -0.129. The molecule has 0 radical (unpaired) electrons. The molecule has 1 aromatic heterocycles. The van der Waals surface area contributed by atoms with Gasteiger partial charge in [0, 0.05) is 39.7 Å². The van der Waals surface area contributed by atoms with Gasteiger partial charge in [0.2, 0.25) is 5.17 Å². The summed E-state index contributed by atoms with van der Waals surface area (Å²) in [6, 6.07) is 8.04. The maximum absolute atomic E-state index is 12.4. The van der Waals surface area contributed by atoms with Gasteiger partial charge < -0.3 is 18.0 Å². The lowest BCUT2D eigenvalue weighted by Crippen LogP contribution is -2.27. The number of hydrogen-bond donors (Lipinski definition) is 0. The Labute approximate surface area is 178 Å². The summed E-state index contributed by atoms with van der Waals surface area (Å²) in [5, 5.41) is 3.56. The lowest BCUT2D eigenvalue weighted by atomic mass is 10.1. The Hall–Kier alpha value is -3.06. The third-order valence-electron chi connectivity index (χ3n) is 4.81. The SMILES string of the molecule is C#CCOCC1=C(c2csc3ccccc23)N2CCN=C2S12OC(=O)C=CC(=O)O2. The third kappa shape index (κ3) is 2.84. The van der Waals surface area contributed by atoms with Crippen LogP contribution in [0.3, 0.4) is 0 Å². The number of aliphatic imine (C=N–C) groups is 1. The van der Waals surface area contributed by atoms with E-state index in [2.05, 4.69) is 10.9 Å². The summed E-state index contributed by atoms with van der Waals surface area (Å²) in [6.07, 6.45) is 7.49. The number of rotatable bonds is 4.